The standard InChI is InChI=1S/C18H13F9INO2/c1-15(28,13(30)8-2-3-29-12(6-8)18(25,26)27)14(31)9-4-10(16(19,20)21)7-11(5-9)17(22,23)24/h2-7,13-14,30-31H,1H3. The summed E-state index contributed by atoms with van der Waals surface area (Å²) in [7, 11) is 0. The number of aromatic nitrogens is 1. The zero-order valence-corrected chi connectivity index (χ0v) is 17.4. The summed E-state index contributed by atoms with van der Waals surface area (Å²) in [6.07, 6.45) is -18.5. The van der Waals surface area contributed by atoms with Crippen LogP contribution in [0, 0.1) is 0 Å². The molecule has 0 aliphatic rings. The summed E-state index contributed by atoms with van der Waals surface area (Å²) in [6.45, 7) is 1.07. The molecule has 1 aromatic heterocycles. The summed E-state index contributed by atoms with van der Waals surface area (Å²) in [4.78, 5) is 3.10. The topological polar surface area (TPSA) is 53.4 Å². The number of aliphatic hydroxyl groups excluding tert-OH is 2. The predicted octanol–water partition coefficient (Wildman–Crippen LogP) is 6.10. The third-order valence-corrected chi connectivity index (χ3v) is 5.57. The fourth-order valence-electron chi connectivity index (χ4n) is 2.71. The third-order valence-electron chi connectivity index (χ3n) is 4.39. The number of benzene rings is 1. The van der Waals surface area contributed by atoms with E-state index in [4.69, 9.17) is 0 Å². The van der Waals surface area contributed by atoms with Crippen molar-refractivity contribution in [2.24, 2.45) is 0 Å². The van der Waals surface area contributed by atoms with E-state index in [0.717, 1.165) is 19.2 Å². The van der Waals surface area contributed by atoms with Gasteiger partial charge >= 0.3 is 18.5 Å². The SMILES string of the molecule is CC(I)(C(O)c1cc(C(F)(F)F)cc(C(F)(F)F)c1)C(O)c1ccnc(C(F)(F)F)c1. The summed E-state index contributed by atoms with van der Waals surface area (Å²) >= 11 is 1.37. The maximum atomic E-state index is 13.1. The van der Waals surface area contributed by atoms with Crippen molar-refractivity contribution >= 4 is 22.6 Å². The minimum Gasteiger partial charge on any atom is -0.387 e. The Balaban J connectivity index is 2.53. The van der Waals surface area contributed by atoms with E-state index in [0.29, 0.717) is 6.07 Å². The number of alkyl halides is 10. The predicted molar refractivity (Wildman–Crippen MR) is 98.0 cm³/mol. The Morgan fingerprint density at radius 3 is 1.61 bits per heavy atom. The first kappa shape index (κ1) is 25.6. The Kier molecular flexibility index (Phi) is 6.94. The van der Waals surface area contributed by atoms with E-state index in [1.807, 2.05) is 0 Å². The van der Waals surface area contributed by atoms with Gasteiger partial charge in [0.15, 0.2) is 0 Å². The van der Waals surface area contributed by atoms with Crippen LogP contribution in [0.25, 0.3) is 0 Å². The van der Waals surface area contributed by atoms with Gasteiger partial charge in [-0.3, -0.25) is 4.98 Å². The van der Waals surface area contributed by atoms with Gasteiger partial charge in [-0.15, -0.1) is 0 Å². The molecule has 3 atom stereocenters. The zero-order valence-electron chi connectivity index (χ0n) is 15.2. The van der Waals surface area contributed by atoms with Crippen LogP contribution in [-0.4, -0.2) is 18.6 Å². The van der Waals surface area contributed by atoms with Gasteiger partial charge in [-0.25, -0.2) is 0 Å². The van der Waals surface area contributed by atoms with Crippen LogP contribution in [0.5, 0.6) is 0 Å². The van der Waals surface area contributed by atoms with Gasteiger partial charge in [-0.2, -0.15) is 39.5 Å². The number of hydrogen-bond donors (Lipinski definition) is 2. The molecule has 2 aromatic rings. The maximum Gasteiger partial charge on any atom is 0.433 e. The molecule has 1 heterocycles. The molecule has 0 amide bonds. The van der Waals surface area contributed by atoms with E-state index in [9.17, 15) is 49.7 Å². The van der Waals surface area contributed by atoms with Crippen LogP contribution in [0.1, 0.15) is 47.1 Å². The smallest absolute Gasteiger partial charge is 0.387 e. The number of pyridine rings is 1. The van der Waals surface area contributed by atoms with E-state index in [1.165, 1.54) is 22.6 Å². The van der Waals surface area contributed by atoms with E-state index in [2.05, 4.69) is 4.98 Å². The Morgan fingerprint density at radius 1 is 0.742 bits per heavy atom. The van der Waals surface area contributed by atoms with Gasteiger partial charge in [-0.1, -0.05) is 22.6 Å². The molecule has 31 heavy (non-hydrogen) atoms. The van der Waals surface area contributed by atoms with Gasteiger partial charge < -0.3 is 10.2 Å². The lowest BCUT2D eigenvalue weighted by atomic mass is 9.87. The van der Waals surface area contributed by atoms with E-state index >= 15 is 0 Å². The second kappa shape index (κ2) is 8.39. The minimum atomic E-state index is -5.16. The Morgan fingerprint density at radius 2 is 1.19 bits per heavy atom. The van der Waals surface area contributed by atoms with Crippen molar-refractivity contribution in [3.63, 3.8) is 0 Å². The maximum absolute atomic E-state index is 13.1. The quantitative estimate of drug-likeness (QED) is 0.264. The van der Waals surface area contributed by atoms with Crippen molar-refractivity contribution < 1.29 is 49.7 Å². The van der Waals surface area contributed by atoms with Crippen molar-refractivity contribution in [3.05, 3.63) is 64.5 Å². The summed E-state index contributed by atoms with van der Waals surface area (Å²) < 4.78 is 115. The third kappa shape index (κ3) is 5.80. The second-order valence-electron chi connectivity index (χ2n) is 6.77. The lowest BCUT2D eigenvalue weighted by molar-refractivity contribution is -0.143. The van der Waals surface area contributed by atoms with E-state index in [1.54, 1.807) is 0 Å². The highest BCUT2D eigenvalue weighted by atomic mass is 127. The molecule has 0 aliphatic carbocycles. The summed E-state index contributed by atoms with van der Waals surface area (Å²) in [6, 6.07) is 1.91. The number of halogens is 10. The Labute approximate surface area is 183 Å². The number of aliphatic hydroxyl groups is 2. The van der Waals surface area contributed by atoms with Crippen molar-refractivity contribution in [1.82, 2.24) is 4.98 Å². The molecule has 0 radical (unpaired) electrons. The molecule has 3 nitrogen and oxygen atoms in total. The van der Waals surface area contributed by atoms with Crippen molar-refractivity contribution in [2.75, 3.05) is 0 Å². The van der Waals surface area contributed by atoms with Crippen LogP contribution in [0.15, 0.2) is 36.5 Å². The molecule has 0 saturated carbocycles. The highest BCUT2D eigenvalue weighted by molar-refractivity contribution is 14.1. The largest absolute Gasteiger partial charge is 0.433 e. The average molecular weight is 573 g/mol. The Hall–Kier alpha value is -1.61. The average Bonchev–Trinajstić information content (AvgIpc) is 2.64. The molecule has 0 aliphatic heterocycles. The van der Waals surface area contributed by atoms with Crippen LogP contribution in [0.2, 0.25) is 0 Å². The summed E-state index contributed by atoms with van der Waals surface area (Å²) in [5, 5.41) is 21.1. The summed E-state index contributed by atoms with van der Waals surface area (Å²) in [5.41, 5.74) is -5.93. The molecular formula is C18H13F9INO2. The molecule has 0 spiro atoms. The number of hydrogen-bond acceptors (Lipinski definition) is 3. The van der Waals surface area contributed by atoms with Gasteiger partial charge in [0.05, 0.1) is 26.8 Å². The normalized spacial score (nSPS) is 17.2. The van der Waals surface area contributed by atoms with Crippen LogP contribution in [0.4, 0.5) is 39.5 Å². The van der Waals surface area contributed by atoms with Crippen molar-refractivity contribution in [3.8, 4) is 0 Å². The fourth-order valence-corrected chi connectivity index (χ4v) is 3.43. The molecule has 172 valence electrons. The molecular weight excluding hydrogens is 560 g/mol. The summed E-state index contributed by atoms with van der Waals surface area (Å²) in [5.74, 6) is 0. The molecule has 13 heteroatoms. The molecule has 1 aromatic carbocycles. The number of nitrogens with zero attached hydrogens (tertiary/aromatic N) is 1. The van der Waals surface area contributed by atoms with Crippen molar-refractivity contribution in [1.29, 1.82) is 0 Å². The fraction of sp³-hybridized carbons (Fsp3) is 0.389. The number of rotatable bonds is 4. The molecule has 0 saturated heterocycles. The first-order valence-electron chi connectivity index (χ1n) is 8.22. The van der Waals surface area contributed by atoms with Gasteiger partial charge in [0.1, 0.15) is 5.69 Å². The van der Waals surface area contributed by atoms with Gasteiger partial charge in [0.25, 0.3) is 0 Å². The van der Waals surface area contributed by atoms with Gasteiger partial charge in [0, 0.05) is 6.20 Å². The lowest BCUT2D eigenvalue weighted by Crippen LogP contribution is -2.34. The van der Waals surface area contributed by atoms with Gasteiger partial charge in [0.2, 0.25) is 0 Å². The molecule has 0 bridgehead atoms. The zero-order chi connectivity index (χ0) is 24.0. The molecule has 0 fully saturated rings. The van der Waals surface area contributed by atoms with Crippen LogP contribution < -0.4 is 0 Å². The second-order valence-corrected chi connectivity index (χ2v) is 9.09. The molecule has 2 rings (SSSR count). The van der Waals surface area contributed by atoms with E-state index in [-0.39, 0.29) is 23.8 Å². The minimum absolute atomic E-state index is 0.129. The van der Waals surface area contributed by atoms with Crippen LogP contribution in [-0.2, 0) is 18.5 Å². The highest BCUT2D eigenvalue weighted by Gasteiger charge is 2.43. The van der Waals surface area contributed by atoms with Gasteiger partial charge in [-0.05, 0) is 48.4 Å². The highest BCUT2D eigenvalue weighted by Crippen LogP contribution is 2.46. The molecule has 2 N–H and O–H groups in total. The molecule has 3 unspecified atom stereocenters. The van der Waals surface area contributed by atoms with Crippen LogP contribution in [0.3, 0.4) is 0 Å². The Bertz CT molecular complexity index is 907. The van der Waals surface area contributed by atoms with E-state index < -0.39 is 56.5 Å². The first-order chi connectivity index (χ1) is 13.8. The first-order valence-corrected chi connectivity index (χ1v) is 9.30. The van der Waals surface area contributed by atoms with Crippen molar-refractivity contribution in [2.45, 2.75) is 41.1 Å². The lowest BCUT2D eigenvalue weighted by Gasteiger charge is -2.34. The monoisotopic (exact) mass is 573 g/mol. The van der Waals surface area contributed by atoms with Crippen LogP contribution >= 0.6 is 22.6 Å².